The molecule has 2 rings (SSSR count). The lowest BCUT2D eigenvalue weighted by Gasteiger charge is -2.38. The molecule has 3 heteroatoms. The molecule has 0 radical (unpaired) electrons. The van der Waals surface area contributed by atoms with Crippen molar-refractivity contribution in [3.8, 4) is 0 Å². The smallest absolute Gasteiger partial charge is 0.333 e. The summed E-state index contributed by atoms with van der Waals surface area (Å²) in [5.74, 6) is 3.30. The summed E-state index contributed by atoms with van der Waals surface area (Å²) in [4.78, 5) is 11.9. The van der Waals surface area contributed by atoms with Gasteiger partial charge in [0, 0.05) is 12.7 Å². The predicted molar refractivity (Wildman–Crippen MR) is 116 cm³/mol. The van der Waals surface area contributed by atoms with Crippen LogP contribution in [-0.4, -0.2) is 25.8 Å². The van der Waals surface area contributed by atoms with Crippen molar-refractivity contribution in [2.75, 3.05) is 13.7 Å². The molecule has 0 heterocycles. The van der Waals surface area contributed by atoms with E-state index in [9.17, 15) is 4.79 Å². The highest BCUT2D eigenvalue weighted by Gasteiger charge is 2.32. The maximum Gasteiger partial charge on any atom is 0.333 e. The van der Waals surface area contributed by atoms with Crippen molar-refractivity contribution in [3.05, 3.63) is 12.2 Å². The number of esters is 1. The number of rotatable bonds is 11. The van der Waals surface area contributed by atoms with Crippen molar-refractivity contribution >= 4 is 5.97 Å². The Balaban J connectivity index is 1.69. The van der Waals surface area contributed by atoms with E-state index in [2.05, 4.69) is 13.5 Å². The monoisotopic (exact) mass is 392 g/mol. The number of unbranched alkanes of at least 4 members (excludes halogenated alkanes) is 2. The zero-order valence-corrected chi connectivity index (χ0v) is 18.7. The van der Waals surface area contributed by atoms with E-state index >= 15 is 0 Å². The third kappa shape index (κ3) is 7.89. The fraction of sp³-hybridized carbons (Fsp3) is 0.880. The lowest BCUT2D eigenvalue weighted by Crippen LogP contribution is -2.30. The van der Waals surface area contributed by atoms with Crippen molar-refractivity contribution < 1.29 is 14.3 Å². The first-order valence-corrected chi connectivity index (χ1v) is 11.9. The molecule has 0 saturated heterocycles. The molecule has 0 bridgehead atoms. The first-order chi connectivity index (χ1) is 13.5. The number of carbonyl (C=O) groups excluding carboxylic acids is 1. The van der Waals surface area contributed by atoms with Crippen LogP contribution in [0.3, 0.4) is 0 Å². The van der Waals surface area contributed by atoms with Crippen molar-refractivity contribution in [2.24, 2.45) is 23.7 Å². The molecule has 2 aliphatic carbocycles. The zero-order valence-electron chi connectivity index (χ0n) is 18.7. The minimum Gasteiger partial charge on any atom is -0.457 e. The summed E-state index contributed by atoms with van der Waals surface area (Å²) in [5, 5.41) is 0. The van der Waals surface area contributed by atoms with Crippen LogP contribution in [-0.2, 0) is 14.3 Å². The molecule has 0 aromatic rings. The highest BCUT2D eigenvalue weighted by Crippen LogP contribution is 2.43. The Morgan fingerprint density at radius 2 is 1.54 bits per heavy atom. The van der Waals surface area contributed by atoms with Crippen molar-refractivity contribution in [1.29, 1.82) is 0 Å². The van der Waals surface area contributed by atoms with Gasteiger partial charge in [0.25, 0.3) is 0 Å². The summed E-state index contributed by atoms with van der Waals surface area (Å²) < 4.78 is 10.9. The van der Waals surface area contributed by atoms with Crippen LogP contribution >= 0.6 is 0 Å². The van der Waals surface area contributed by atoms with Gasteiger partial charge in [-0.15, -0.1) is 0 Å². The Kier molecular flexibility index (Phi) is 10.6. The molecule has 2 saturated carbocycles. The van der Waals surface area contributed by atoms with Gasteiger partial charge in [-0.25, -0.2) is 4.79 Å². The molecule has 2 fully saturated rings. The minimum absolute atomic E-state index is 0.130. The van der Waals surface area contributed by atoms with E-state index in [1.165, 1.54) is 77.0 Å². The largest absolute Gasteiger partial charge is 0.457 e. The lowest BCUT2D eigenvalue weighted by atomic mass is 9.68. The molecule has 0 aromatic carbocycles. The second-order valence-corrected chi connectivity index (χ2v) is 9.56. The SMILES string of the molecule is C=C(C)C(=O)OC(COC)CC1CCC(C2CCC(CCCCC)CC2)CC1. The third-order valence-corrected chi connectivity index (χ3v) is 7.24. The summed E-state index contributed by atoms with van der Waals surface area (Å²) in [6.07, 6.45) is 17.6. The number of carbonyl (C=O) groups is 1. The van der Waals surface area contributed by atoms with Crippen molar-refractivity contribution in [1.82, 2.24) is 0 Å². The van der Waals surface area contributed by atoms with Gasteiger partial charge in [-0.1, -0.05) is 64.9 Å². The van der Waals surface area contributed by atoms with E-state index in [0.29, 0.717) is 18.1 Å². The van der Waals surface area contributed by atoms with E-state index in [4.69, 9.17) is 9.47 Å². The molecular formula is C25H44O3. The van der Waals surface area contributed by atoms with Crippen LogP contribution in [0.5, 0.6) is 0 Å². The van der Waals surface area contributed by atoms with Gasteiger partial charge in [-0.05, 0) is 62.7 Å². The topological polar surface area (TPSA) is 35.5 Å². The van der Waals surface area contributed by atoms with Crippen molar-refractivity contribution in [2.45, 2.75) is 103 Å². The van der Waals surface area contributed by atoms with E-state index in [0.717, 1.165) is 24.2 Å². The molecule has 1 atom stereocenters. The highest BCUT2D eigenvalue weighted by molar-refractivity contribution is 5.87. The third-order valence-electron chi connectivity index (χ3n) is 7.24. The average Bonchev–Trinajstić information content (AvgIpc) is 2.69. The van der Waals surface area contributed by atoms with Crippen LogP contribution in [0.2, 0.25) is 0 Å². The highest BCUT2D eigenvalue weighted by atomic mass is 16.6. The van der Waals surface area contributed by atoms with Crippen LogP contribution < -0.4 is 0 Å². The molecular weight excluding hydrogens is 348 g/mol. The van der Waals surface area contributed by atoms with E-state index in [-0.39, 0.29) is 12.1 Å². The Morgan fingerprint density at radius 1 is 0.964 bits per heavy atom. The second-order valence-electron chi connectivity index (χ2n) is 9.56. The normalized spacial score (nSPS) is 29.2. The Hall–Kier alpha value is -0.830. The van der Waals surface area contributed by atoms with Gasteiger partial charge < -0.3 is 9.47 Å². The maximum absolute atomic E-state index is 11.9. The molecule has 0 spiro atoms. The summed E-state index contributed by atoms with van der Waals surface area (Å²) in [7, 11) is 1.68. The van der Waals surface area contributed by atoms with Gasteiger partial charge >= 0.3 is 5.97 Å². The quantitative estimate of drug-likeness (QED) is 0.223. The van der Waals surface area contributed by atoms with Crippen LogP contribution in [0.1, 0.15) is 97.3 Å². The van der Waals surface area contributed by atoms with Gasteiger partial charge in [0.1, 0.15) is 6.10 Å². The van der Waals surface area contributed by atoms with Crippen LogP contribution in [0.25, 0.3) is 0 Å². The van der Waals surface area contributed by atoms with Gasteiger partial charge in [-0.3, -0.25) is 0 Å². The molecule has 0 N–H and O–H groups in total. The Morgan fingerprint density at radius 3 is 2.04 bits per heavy atom. The average molecular weight is 393 g/mol. The molecule has 3 nitrogen and oxygen atoms in total. The summed E-state index contributed by atoms with van der Waals surface area (Å²) >= 11 is 0. The Bertz CT molecular complexity index is 456. The fourth-order valence-corrected chi connectivity index (χ4v) is 5.49. The van der Waals surface area contributed by atoms with E-state index < -0.39 is 0 Å². The molecule has 2 aliphatic rings. The second kappa shape index (κ2) is 12.7. The van der Waals surface area contributed by atoms with Gasteiger partial charge in [0.05, 0.1) is 6.61 Å². The van der Waals surface area contributed by atoms with E-state index in [1.807, 2.05) is 0 Å². The van der Waals surface area contributed by atoms with Crippen LogP contribution in [0.4, 0.5) is 0 Å². The first kappa shape index (κ1) is 23.4. The van der Waals surface area contributed by atoms with Crippen LogP contribution in [0.15, 0.2) is 12.2 Å². The van der Waals surface area contributed by atoms with Gasteiger partial charge in [0.15, 0.2) is 0 Å². The summed E-state index contributed by atoms with van der Waals surface area (Å²) in [5.41, 5.74) is 0.468. The van der Waals surface area contributed by atoms with Gasteiger partial charge in [-0.2, -0.15) is 0 Å². The Labute approximate surface area is 173 Å². The summed E-state index contributed by atoms with van der Waals surface area (Å²) in [6, 6.07) is 0. The maximum atomic E-state index is 11.9. The number of hydrogen-bond donors (Lipinski definition) is 0. The number of hydrogen-bond acceptors (Lipinski definition) is 3. The zero-order chi connectivity index (χ0) is 20.4. The number of ether oxygens (including phenoxy) is 2. The summed E-state index contributed by atoms with van der Waals surface area (Å²) in [6.45, 7) is 8.18. The first-order valence-electron chi connectivity index (χ1n) is 11.9. The lowest BCUT2D eigenvalue weighted by molar-refractivity contribution is -0.148. The van der Waals surface area contributed by atoms with Crippen LogP contribution in [0, 0.1) is 23.7 Å². The fourth-order valence-electron chi connectivity index (χ4n) is 5.49. The molecule has 162 valence electrons. The minimum atomic E-state index is -0.286. The molecule has 28 heavy (non-hydrogen) atoms. The van der Waals surface area contributed by atoms with Gasteiger partial charge in [0.2, 0.25) is 0 Å². The van der Waals surface area contributed by atoms with E-state index in [1.54, 1.807) is 14.0 Å². The molecule has 0 aliphatic heterocycles. The van der Waals surface area contributed by atoms with Crippen molar-refractivity contribution in [3.63, 3.8) is 0 Å². The molecule has 0 aromatic heterocycles. The predicted octanol–water partition coefficient (Wildman–Crippen LogP) is 6.70. The standard InChI is InChI=1S/C25H44O3/c1-5-6-7-8-20-9-13-22(14-10-20)23-15-11-21(12-16-23)17-24(18-27-4)28-25(26)19(2)3/h20-24H,2,5-18H2,1,3-4H3. The number of methoxy groups -OCH3 is 1. The molecule has 1 unspecified atom stereocenters. The molecule has 0 amide bonds.